The molecule has 1 aliphatic heterocycles. The zero-order valence-corrected chi connectivity index (χ0v) is 28.4. The molecular weight excluding hydrogens is 638 g/mol. The fourth-order valence-electron chi connectivity index (χ4n) is 7.31. The Kier molecular flexibility index (Phi) is 11.3. The molecule has 3 aromatic carbocycles. The number of hydrogen-bond acceptors (Lipinski definition) is 6. The number of carbonyl (C=O) groups excluding carboxylic acids is 3. The number of nitrogens with zero attached hydrogens (tertiary/aromatic N) is 1. The lowest BCUT2D eigenvalue weighted by Gasteiger charge is -2.27. The first kappa shape index (κ1) is 35.3. The summed E-state index contributed by atoms with van der Waals surface area (Å²) in [5.41, 5.74) is 11.6. The fraction of sp³-hybridized carbons (Fsp3) is 0.436. The number of carbonyl (C=O) groups is 3. The number of rotatable bonds is 12. The van der Waals surface area contributed by atoms with Gasteiger partial charge in [0, 0.05) is 35.5 Å². The molecule has 4 aromatic rings. The van der Waals surface area contributed by atoms with Gasteiger partial charge in [0.2, 0.25) is 5.91 Å². The van der Waals surface area contributed by atoms with Crippen LogP contribution < -0.4 is 21.7 Å². The highest BCUT2D eigenvalue weighted by atomic mass is 19.3. The molecule has 1 atom stereocenters. The van der Waals surface area contributed by atoms with Gasteiger partial charge < -0.3 is 26.7 Å². The highest BCUT2D eigenvalue weighted by Crippen LogP contribution is 2.32. The lowest BCUT2D eigenvalue weighted by atomic mass is 9.77. The van der Waals surface area contributed by atoms with Crippen LogP contribution in [0.5, 0.6) is 0 Å². The highest BCUT2D eigenvalue weighted by molar-refractivity contribution is 5.97. The fourth-order valence-corrected chi connectivity index (χ4v) is 7.31. The Balaban J connectivity index is 1.16. The first-order valence-corrected chi connectivity index (χ1v) is 17.7. The van der Waals surface area contributed by atoms with Crippen LogP contribution in [-0.4, -0.2) is 53.2 Å². The average molecular weight is 685 g/mol. The van der Waals surface area contributed by atoms with Crippen molar-refractivity contribution < 1.29 is 23.2 Å². The lowest BCUT2D eigenvalue weighted by molar-refractivity contribution is -0.129. The minimum Gasteiger partial charge on any atom is -0.349 e. The second kappa shape index (κ2) is 16.0. The van der Waals surface area contributed by atoms with Gasteiger partial charge in [0.25, 0.3) is 12.3 Å². The number of H-pyrrole nitrogens is 1. The molecule has 0 bridgehead atoms. The predicted molar refractivity (Wildman–Crippen MR) is 191 cm³/mol. The van der Waals surface area contributed by atoms with Gasteiger partial charge in [-0.2, -0.15) is 0 Å². The van der Waals surface area contributed by atoms with Crippen molar-refractivity contribution in [2.75, 3.05) is 25.0 Å². The van der Waals surface area contributed by atoms with E-state index < -0.39 is 18.2 Å². The van der Waals surface area contributed by atoms with E-state index >= 15 is 0 Å². The van der Waals surface area contributed by atoms with E-state index in [0.717, 1.165) is 73.9 Å². The molecule has 1 aromatic heterocycles. The maximum atomic E-state index is 13.8. The third-order valence-electron chi connectivity index (χ3n) is 10.3. The van der Waals surface area contributed by atoms with E-state index in [2.05, 4.69) is 25.9 Å². The van der Waals surface area contributed by atoms with Gasteiger partial charge in [0.1, 0.15) is 5.78 Å². The quantitative estimate of drug-likeness (QED) is 0.116. The third-order valence-corrected chi connectivity index (χ3v) is 10.3. The largest absolute Gasteiger partial charge is 0.349 e. The van der Waals surface area contributed by atoms with E-state index in [9.17, 15) is 23.2 Å². The van der Waals surface area contributed by atoms with E-state index in [-0.39, 0.29) is 36.0 Å². The molecular formula is C39H46F2N6O3. The van der Waals surface area contributed by atoms with Gasteiger partial charge in [-0.25, -0.2) is 13.8 Å². The number of aryl methyl sites for hydroxylation is 1. The van der Waals surface area contributed by atoms with E-state index in [4.69, 9.17) is 5.73 Å². The van der Waals surface area contributed by atoms with Crippen LogP contribution >= 0.6 is 0 Å². The van der Waals surface area contributed by atoms with Crippen LogP contribution in [0.4, 0.5) is 14.5 Å². The van der Waals surface area contributed by atoms with Crippen LogP contribution in [0.25, 0.3) is 22.2 Å². The molecule has 11 heteroatoms. The molecule has 2 fully saturated rings. The molecule has 50 heavy (non-hydrogen) atoms. The van der Waals surface area contributed by atoms with E-state index in [1.807, 2.05) is 49.4 Å². The normalized spacial score (nSPS) is 19.0. The Morgan fingerprint density at radius 3 is 2.36 bits per heavy atom. The smallest absolute Gasteiger partial charge is 0.295 e. The van der Waals surface area contributed by atoms with Crippen LogP contribution in [0, 0.1) is 24.7 Å². The summed E-state index contributed by atoms with van der Waals surface area (Å²) < 4.78 is 26.4. The predicted octanol–water partition coefficient (Wildman–Crippen LogP) is 6.48. The summed E-state index contributed by atoms with van der Waals surface area (Å²) in [6.07, 6.45) is 2.97. The molecule has 0 unspecified atom stereocenters. The minimum atomic E-state index is -2.74. The van der Waals surface area contributed by atoms with Crippen molar-refractivity contribution in [2.24, 2.45) is 23.5 Å². The second-order valence-corrected chi connectivity index (χ2v) is 13.9. The molecule has 1 saturated heterocycles. The number of imidazole rings is 1. The van der Waals surface area contributed by atoms with Crippen LogP contribution in [-0.2, 0) is 16.0 Å². The number of hydrogen-bond donors (Lipinski definition) is 5. The molecule has 2 heterocycles. The number of benzene rings is 3. The molecule has 0 radical (unpaired) electrons. The maximum Gasteiger partial charge on any atom is 0.295 e. The zero-order valence-electron chi connectivity index (χ0n) is 28.4. The molecule has 6 rings (SSSR count). The summed E-state index contributed by atoms with van der Waals surface area (Å²) in [6, 6.07) is 18.7. The summed E-state index contributed by atoms with van der Waals surface area (Å²) in [4.78, 5) is 46.7. The van der Waals surface area contributed by atoms with Crippen molar-refractivity contribution >= 4 is 34.3 Å². The summed E-state index contributed by atoms with van der Waals surface area (Å²) in [6.45, 7) is 4.43. The van der Waals surface area contributed by atoms with Gasteiger partial charge >= 0.3 is 0 Å². The first-order chi connectivity index (χ1) is 24.2. The highest BCUT2D eigenvalue weighted by Gasteiger charge is 2.30. The zero-order chi connectivity index (χ0) is 35.2. The summed E-state index contributed by atoms with van der Waals surface area (Å²) in [7, 11) is 0. The van der Waals surface area contributed by atoms with Gasteiger partial charge in [-0.3, -0.25) is 14.4 Å². The average Bonchev–Trinajstić information content (AvgIpc) is 3.56. The van der Waals surface area contributed by atoms with Gasteiger partial charge in [-0.15, -0.1) is 0 Å². The Morgan fingerprint density at radius 2 is 1.68 bits per heavy atom. The van der Waals surface area contributed by atoms with Crippen molar-refractivity contribution in [3.63, 3.8) is 0 Å². The van der Waals surface area contributed by atoms with Crippen LogP contribution in [0.2, 0.25) is 0 Å². The monoisotopic (exact) mass is 684 g/mol. The number of alkyl halides is 2. The topological polar surface area (TPSA) is 142 Å². The van der Waals surface area contributed by atoms with Crippen molar-refractivity contribution in [3.8, 4) is 11.1 Å². The van der Waals surface area contributed by atoms with Gasteiger partial charge in [0.15, 0.2) is 5.82 Å². The van der Waals surface area contributed by atoms with Crippen LogP contribution in [0.1, 0.15) is 78.7 Å². The third kappa shape index (κ3) is 8.62. The molecule has 2 amide bonds. The molecule has 0 spiro atoms. The lowest BCUT2D eigenvalue weighted by Crippen LogP contribution is -2.42. The van der Waals surface area contributed by atoms with Gasteiger partial charge in [-0.05, 0) is 130 Å². The van der Waals surface area contributed by atoms with E-state index in [1.165, 1.54) is 0 Å². The number of aromatic amines is 1. The molecule has 2 aliphatic rings. The molecule has 264 valence electrons. The van der Waals surface area contributed by atoms with Crippen molar-refractivity contribution in [2.45, 2.75) is 70.8 Å². The number of fused-ring (bicyclic) bond motifs is 1. The van der Waals surface area contributed by atoms with E-state index in [1.54, 1.807) is 18.2 Å². The Labute approximate surface area is 291 Å². The van der Waals surface area contributed by atoms with E-state index in [0.29, 0.717) is 41.2 Å². The number of amides is 2. The standard InChI is InChI=1S/C39H46F2N6O3/c1-23-18-28(38(49)44-30-14-16-43-17-15-30)10-12-32(23)26-6-2-24(3-7-26)19-29(20-35(48)27-8-4-25(22-42)5-9-27)39(50)45-31-11-13-33-34(21-31)47-37(46-33)36(40)41/h2-3,6-7,10-13,18,21,25,27,29-30,36,43H,4-5,8-9,14-17,19-20,22,42H2,1H3,(H,44,49)(H,45,50)(H,46,47)/t25?,27?,29-/m1/s1. The van der Waals surface area contributed by atoms with Crippen LogP contribution in [0.3, 0.4) is 0 Å². The number of ketones is 1. The van der Waals surface area contributed by atoms with Crippen molar-refractivity contribution in [3.05, 3.63) is 83.2 Å². The molecule has 6 N–H and O–H groups in total. The number of nitrogens with two attached hydrogens (primary N) is 1. The summed E-state index contributed by atoms with van der Waals surface area (Å²) in [5, 5.41) is 9.39. The van der Waals surface area contributed by atoms with Gasteiger partial charge in [-0.1, -0.05) is 30.3 Å². The van der Waals surface area contributed by atoms with Crippen LogP contribution in [0.15, 0.2) is 60.7 Å². The number of nitrogens with one attached hydrogen (secondary N) is 4. The number of halogens is 2. The second-order valence-electron chi connectivity index (χ2n) is 13.9. The molecule has 1 saturated carbocycles. The number of piperidine rings is 1. The van der Waals surface area contributed by atoms with Gasteiger partial charge in [0.05, 0.1) is 11.0 Å². The maximum absolute atomic E-state index is 13.8. The van der Waals surface area contributed by atoms with Crippen molar-refractivity contribution in [1.82, 2.24) is 20.6 Å². The molecule has 1 aliphatic carbocycles. The molecule has 9 nitrogen and oxygen atoms in total. The summed E-state index contributed by atoms with van der Waals surface area (Å²) in [5.74, 6) is -0.982. The Morgan fingerprint density at radius 1 is 0.940 bits per heavy atom. The number of Topliss-reactive ketones (excluding diaryl/α,β-unsaturated/α-hetero) is 1. The number of aromatic nitrogens is 2. The van der Waals surface area contributed by atoms with Crippen molar-refractivity contribution in [1.29, 1.82) is 0 Å². The SMILES string of the molecule is Cc1cc(C(=O)NC2CCNCC2)ccc1-c1ccc(C[C@H](CC(=O)C2CCC(CN)CC2)C(=O)Nc2ccc3nc(C(F)F)[nH]c3c2)cc1. The summed E-state index contributed by atoms with van der Waals surface area (Å²) >= 11 is 0. The first-order valence-electron chi connectivity index (χ1n) is 17.7. The number of anilines is 1. The Bertz CT molecular complexity index is 1810. The Hall–Kier alpha value is -4.48. The minimum absolute atomic E-state index is 0.0596.